The topological polar surface area (TPSA) is 101 Å². The molecule has 2 aliphatic rings. The lowest BCUT2D eigenvalue weighted by atomic mass is 10.0. The molecule has 3 heterocycles. The lowest BCUT2D eigenvalue weighted by molar-refractivity contribution is -0.115. The van der Waals surface area contributed by atoms with Gasteiger partial charge in [-0.25, -0.2) is 4.98 Å². The number of nitrogens with zero attached hydrogens (tertiary/aromatic N) is 2. The van der Waals surface area contributed by atoms with Gasteiger partial charge in [-0.1, -0.05) is 6.07 Å². The maximum absolute atomic E-state index is 12.8. The molecular weight excluding hydrogens is 360 g/mol. The van der Waals surface area contributed by atoms with Crippen LogP contribution in [-0.2, 0) is 16.0 Å². The zero-order valence-electron chi connectivity index (χ0n) is 15.4. The number of morpholine rings is 1. The van der Waals surface area contributed by atoms with Gasteiger partial charge in [0.1, 0.15) is 5.82 Å². The number of hydrogen-bond donors (Lipinski definition) is 2. The molecule has 2 N–H and O–H groups in total. The van der Waals surface area contributed by atoms with Gasteiger partial charge in [-0.15, -0.1) is 0 Å². The molecule has 8 nitrogen and oxygen atoms in total. The van der Waals surface area contributed by atoms with Gasteiger partial charge >= 0.3 is 0 Å². The molecule has 4 rings (SSSR count). The first kappa shape index (κ1) is 18.1. The molecule has 0 atom stereocenters. The Hall–Kier alpha value is -3.26. The van der Waals surface area contributed by atoms with Gasteiger partial charge < -0.3 is 20.3 Å². The average molecular weight is 380 g/mol. The van der Waals surface area contributed by atoms with Crippen LogP contribution in [0.4, 0.5) is 11.5 Å². The number of nitrogens with one attached hydrogen (secondary N) is 2. The summed E-state index contributed by atoms with van der Waals surface area (Å²) in [5, 5.41) is 5.46. The number of aromatic nitrogens is 1. The van der Waals surface area contributed by atoms with Crippen molar-refractivity contribution in [3.05, 3.63) is 52.7 Å². The molecule has 0 aliphatic carbocycles. The molecule has 8 heteroatoms. The zero-order chi connectivity index (χ0) is 19.7. The molecule has 1 aromatic carbocycles. The van der Waals surface area contributed by atoms with E-state index in [0.717, 1.165) is 5.56 Å². The van der Waals surface area contributed by atoms with Crippen LogP contribution in [0.15, 0.2) is 30.5 Å². The molecule has 1 saturated heterocycles. The lowest BCUT2D eigenvalue weighted by Gasteiger charge is -2.27. The third-order valence-electron chi connectivity index (χ3n) is 4.92. The Morgan fingerprint density at radius 2 is 1.96 bits per heavy atom. The van der Waals surface area contributed by atoms with Crippen LogP contribution in [0.25, 0.3) is 0 Å². The van der Waals surface area contributed by atoms with Crippen LogP contribution >= 0.6 is 0 Å². The molecule has 0 bridgehead atoms. The highest BCUT2D eigenvalue weighted by atomic mass is 16.5. The summed E-state index contributed by atoms with van der Waals surface area (Å²) in [6, 6.07) is 6.85. The largest absolute Gasteiger partial charge is 0.378 e. The van der Waals surface area contributed by atoms with E-state index in [1.165, 1.54) is 6.20 Å². The number of anilines is 2. The summed E-state index contributed by atoms with van der Waals surface area (Å²) in [4.78, 5) is 43.0. The molecule has 2 aliphatic heterocycles. The quantitative estimate of drug-likeness (QED) is 0.843. The standard InChI is InChI=1S/C20H20N4O4/c1-12-2-3-13(10-15(12)20(27)24-6-8-28-9-7-24)22-19(26)14-4-5-21-18-16(14)11-17(25)23-18/h2-5,10H,6-9,11H2,1H3,(H,22,26)(H,21,23,25). The minimum absolute atomic E-state index is 0.0727. The SMILES string of the molecule is Cc1ccc(NC(=O)c2ccnc3c2CC(=O)N3)cc1C(=O)N1CCOCC1. The predicted molar refractivity (Wildman–Crippen MR) is 102 cm³/mol. The van der Waals surface area contributed by atoms with Crippen molar-refractivity contribution < 1.29 is 19.1 Å². The Kier molecular flexibility index (Phi) is 4.79. The van der Waals surface area contributed by atoms with Crippen LogP contribution in [0.3, 0.4) is 0 Å². The summed E-state index contributed by atoms with van der Waals surface area (Å²) >= 11 is 0. The van der Waals surface area contributed by atoms with Gasteiger partial charge in [-0.2, -0.15) is 0 Å². The fourth-order valence-corrected chi connectivity index (χ4v) is 3.39. The maximum atomic E-state index is 12.8. The van der Waals surface area contributed by atoms with E-state index in [2.05, 4.69) is 15.6 Å². The van der Waals surface area contributed by atoms with Crippen molar-refractivity contribution in [3.63, 3.8) is 0 Å². The third-order valence-corrected chi connectivity index (χ3v) is 4.92. The first-order chi connectivity index (χ1) is 13.5. The van der Waals surface area contributed by atoms with E-state index in [-0.39, 0.29) is 24.1 Å². The molecular formula is C20H20N4O4. The van der Waals surface area contributed by atoms with Crippen LogP contribution < -0.4 is 10.6 Å². The minimum Gasteiger partial charge on any atom is -0.378 e. The Morgan fingerprint density at radius 1 is 1.18 bits per heavy atom. The van der Waals surface area contributed by atoms with Gasteiger partial charge in [0.15, 0.2) is 0 Å². The van der Waals surface area contributed by atoms with Gasteiger partial charge in [-0.3, -0.25) is 14.4 Å². The highest BCUT2D eigenvalue weighted by Gasteiger charge is 2.25. The van der Waals surface area contributed by atoms with E-state index in [1.54, 1.807) is 23.1 Å². The summed E-state index contributed by atoms with van der Waals surface area (Å²) in [7, 11) is 0. The molecule has 144 valence electrons. The minimum atomic E-state index is -0.344. The molecule has 3 amide bonds. The molecule has 1 fully saturated rings. The molecule has 0 radical (unpaired) electrons. The van der Waals surface area contributed by atoms with E-state index in [0.29, 0.717) is 54.5 Å². The van der Waals surface area contributed by atoms with E-state index >= 15 is 0 Å². The van der Waals surface area contributed by atoms with Crippen LogP contribution in [0.2, 0.25) is 0 Å². The summed E-state index contributed by atoms with van der Waals surface area (Å²) in [5.74, 6) is -0.179. The fourth-order valence-electron chi connectivity index (χ4n) is 3.39. The first-order valence-corrected chi connectivity index (χ1v) is 9.09. The van der Waals surface area contributed by atoms with Gasteiger partial charge in [-0.05, 0) is 30.7 Å². The average Bonchev–Trinajstić information content (AvgIpc) is 3.09. The summed E-state index contributed by atoms with van der Waals surface area (Å²) < 4.78 is 5.30. The van der Waals surface area contributed by atoms with Crippen LogP contribution in [0.1, 0.15) is 31.8 Å². The van der Waals surface area contributed by atoms with Crippen LogP contribution in [0.5, 0.6) is 0 Å². The molecule has 2 aromatic rings. The lowest BCUT2D eigenvalue weighted by Crippen LogP contribution is -2.41. The fraction of sp³-hybridized carbons (Fsp3) is 0.300. The van der Waals surface area contributed by atoms with Crippen LogP contribution in [0, 0.1) is 6.92 Å². The number of carbonyl (C=O) groups is 3. The number of amides is 3. The zero-order valence-corrected chi connectivity index (χ0v) is 15.4. The van der Waals surface area contributed by atoms with E-state index in [9.17, 15) is 14.4 Å². The number of carbonyl (C=O) groups excluding carboxylic acids is 3. The summed E-state index contributed by atoms with van der Waals surface area (Å²) in [6.45, 7) is 4.03. The second-order valence-corrected chi connectivity index (χ2v) is 6.80. The van der Waals surface area contributed by atoms with Crippen molar-refractivity contribution in [2.75, 3.05) is 36.9 Å². The second-order valence-electron chi connectivity index (χ2n) is 6.80. The van der Waals surface area contributed by atoms with E-state index < -0.39 is 0 Å². The van der Waals surface area contributed by atoms with Crippen LogP contribution in [-0.4, -0.2) is 53.9 Å². The molecule has 28 heavy (non-hydrogen) atoms. The van der Waals surface area contributed by atoms with Crippen molar-refractivity contribution in [2.24, 2.45) is 0 Å². The third kappa shape index (κ3) is 3.46. The van der Waals surface area contributed by atoms with Gasteiger partial charge in [0.2, 0.25) is 5.91 Å². The predicted octanol–water partition coefficient (Wildman–Crippen LogP) is 1.61. The number of rotatable bonds is 3. The number of fused-ring (bicyclic) bond motifs is 1. The smallest absolute Gasteiger partial charge is 0.256 e. The first-order valence-electron chi connectivity index (χ1n) is 9.09. The summed E-state index contributed by atoms with van der Waals surface area (Å²) in [5.41, 5.74) is 2.90. The van der Waals surface area contributed by atoms with Gasteiger partial charge in [0.25, 0.3) is 11.8 Å². The highest BCUT2D eigenvalue weighted by molar-refractivity contribution is 6.10. The normalized spacial score (nSPS) is 15.8. The summed E-state index contributed by atoms with van der Waals surface area (Å²) in [6.07, 6.45) is 1.61. The van der Waals surface area contributed by atoms with E-state index in [1.807, 2.05) is 13.0 Å². The Bertz CT molecular complexity index is 967. The number of aryl methyl sites for hydroxylation is 1. The Labute approximate surface area is 161 Å². The number of benzene rings is 1. The molecule has 1 aromatic heterocycles. The molecule has 0 spiro atoms. The van der Waals surface area contributed by atoms with Crippen molar-refractivity contribution >= 4 is 29.2 Å². The van der Waals surface area contributed by atoms with Gasteiger partial charge in [0.05, 0.1) is 19.6 Å². The van der Waals surface area contributed by atoms with Crippen molar-refractivity contribution in [1.29, 1.82) is 0 Å². The van der Waals surface area contributed by atoms with Crippen molar-refractivity contribution in [3.8, 4) is 0 Å². The van der Waals surface area contributed by atoms with Crippen molar-refractivity contribution in [2.45, 2.75) is 13.3 Å². The molecule has 0 unspecified atom stereocenters. The number of ether oxygens (including phenoxy) is 1. The number of hydrogen-bond acceptors (Lipinski definition) is 5. The second kappa shape index (κ2) is 7.40. The van der Waals surface area contributed by atoms with Crippen molar-refractivity contribution in [1.82, 2.24) is 9.88 Å². The maximum Gasteiger partial charge on any atom is 0.256 e. The Morgan fingerprint density at radius 3 is 2.75 bits per heavy atom. The Balaban J connectivity index is 1.56. The highest BCUT2D eigenvalue weighted by Crippen LogP contribution is 2.25. The number of pyridine rings is 1. The van der Waals surface area contributed by atoms with E-state index in [4.69, 9.17) is 4.74 Å². The monoisotopic (exact) mass is 380 g/mol. The molecule has 0 saturated carbocycles. The van der Waals surface area contributed by atoms with Gasteiger partial charge in [0, 0.05) is 41.7 Å².